The predicted molar refractivity (Wildman–Crippen MR) is 112 cm³/mol. The van der Waals surface area contributed by atoms with Crippen LogP contribution in [0.3, 0.4) is 0 Å². The van der Waals surface area contributed by atoms with Gasteiger partial charge in [0.1, 0.15) is 5.71 Å². The molecule has 0 saturated heterocycles. The number of hydrogen-bond donors (Lipinski definition) is 2. The number of nitrogens with zero attached hydrogens (tertiary/aromatic N) is 3. The molecule has 28 heavy (non-hydrogen) atoms. The summed E-state index contributed by atoms with van der Waals surface area (Å²) >= 11 is 5.99. The third-order valence-electron chi connectivity index (χ3n) is 4.15. The quantitative estimate of drug-likeness (QED) is 0.781. The lowest BCUT2D eigenvalue weighted by atomic mass is 10.1. The number of rotatable bonds is 3. The van der Waals surface area contributed by atoms with E-state index in [9.17, 15) is 4.79 Å². The number of nitriles is 1. The summed E-state index contributed by atoms with van der Waals surface area (Å²) in [4.78, 5) is 15.1. The van der Waals surface area contributed by atoms with Crippen molar-refractivity contribution < 1.29 is 4.79 Å². The average molecular weight is 392 g/mol. The van der Waals surface area contributed by atoms with Gasteiger partial charge in [0, 0.05) is 36.1 Å². The number of halogens is 1. The molecule has 6 nitrogen and oxygen atoms in total. The monoisotopic (exact) mass is 391 g/mol. The van der Waals surface area contributed by atoms with Gasteiger partial charge in [0.05, 0.1) is 11.6 Å². The van der Waals surface area contributed by atoms with Crippen LogP contribution in [0.15, 0.2) is 71.6 Å². The van der Waals surface area contributed by atoms with E-state index in [0.29, 0.717) is 22.8 Å². The molecule has 7 heteroatoms. The van der Waals surface area contributed by atoms with Crippen molar-refractivity contribution in [2.75, 3.05) is 18.9 Å². The zero-order valence-electron chi connectivity index (χ0n) is 15.2. The van der Waals surface area contributed by atoms with Crippen molar-refractivity contribution >= 4 is 34.9 Å². The van der Waals surface area contributed by atoms with E-state index >= 15 is 0 Å². The van der Waals surface area contributed by atoms with Crippen LogP contribution in [-0.2, 0) is 4.79 Å². The molecule has 2 heterocycles. The van der Waals surface area contributed by atoms with E-state index in [0.717, 1.165) is 28.9 Å². The van der Waals surface area contributed by atoms with Crippen LogP contribution in [0.5, 0.6) is 0 Å². The number of carbonyl (C=O) groups excluding carboxylic acids is 1. The van der Waals surface area contributed by atoms with E-state index in [1.165, 1.54) is 0 Å². The second-order valence-corrected chi connectivity index (χ2v) is 6.36. The zero-order chi connectivity index (χ0) is 19.9. The van der Waals surface area contributed by atoms with Gasteiger partial charge in [0.25, 0.3) is 0 Å². The molecule has 0 radical (unpaired) electrons. The summed E-state index contributed by atoms with van der Waals surface area (Å²) in [6, 6.07) is 17.0. The van der Waals surface area contributed by atoms with Crippen molar-refractivity contribution in [3.8, 4) is 6.07 Å². The maximum Gasteiger partial charge on any atom is 0.168 e. The topological polar surface area (TPSA) is 80.5 Å². The summed E-state index contributed by atoms with van der Waals surface area (Å²) in [5.41, 5.74) is 7.36. The van der Waals surface area contributed by atoms with Crippen molar-refractivity contribution in [2.45, 2.75) is 0 Å². The minimum atomic E-state index is 0.421. The summed E-state index contributed by atoms with van der Waals surface area (Å²) in [7, 11) is 1.85. The Morgan fingerprint density at radius 2 is 2.07 bits per heavy atom. The molecule has 0 bridgehead atoms. The first-order valence-corrected chi connectivity index (χ1v) is 8.94. The van der Waals surface area contributed by atoms with Gasteiger partial charge in [-0.05, 0) is 48.0 Å². The lowest BCUT2D eigenvalue weighted by Crippen LogP contribution is -2.28. The molecule has 2 aromatic carbocycles. The molecule has 0 atom stereocenters. The van der Waals surface area contributed by atoms with Gasteiger partial charge < -0.3 is 5.32 Å². The van der Waals surface area contributed by atoms with Crippen molar-refractivity contribution in [1.82, 2.24) is 10.4 Å². The van der Waals surface area contributed by atoms with Crippen LogP contribution in [0.2, 0.25) is 5.02 Å². The van der Waals surface area contributed by atoms with Crippen LogP contribution in [0.25, 0.3) is 5.57 Å². The molecular weight excluding hydrogens is 374 g/mol. The van der Waals surface area contributed by atoms with Crippen LogP contribution in [0.4, 0.5) is 5.69 Å². The van der Waals surface area contributed by atoms with E-state index in [1.807, 2.05) is 48.5 Å². The first kappa shape index (κ1) is 19.4. The van der Waals surface area contributed by atoms with E-state index in [1.54, 1.807) is 24.4 Å². The molecule has 2 aromatic rings. The molecule has 0 spiro atoms. The highest BCUT2D eigenvalue weighted by Crippen LogP contribution is 2.29. The van der Waals surface area contributed by atoms with Crippen LogP contribution in [0, 0.1) is 11.3 Å². The molecular formula is C21H18ClN5O. The highest BCUT2D eigenvalue weighted by molar-refractivity contribution is 6.34. The molecule has 0 aliphatic carbocycles. The van der Waals surface area contributed by atoms with E-state index in [4.69, 9.17) is 16.9 Å². The molecule has 0 unspecified atom stereocenters. The summed E-state index contributed by atoms with van der Waals surface area (Å²) in [6.45, 7) is 0.662. The number of fused-ring (bicyclic) bond motifs is 1. The Kier molecular flexibility index (Phi) is 6.22. The van der Waals surface area contributed by atoms with Crippen molar-refractivity contribution in [1.29, 1.82) is 5.26 Å². The van der Waals surface area contributed by atoms with Gasteiger partial charge in [0.15, 0.2) is 12.1 Å². The fraction of sp³-hybridized carbons (Fsp3) is 0.0952. The second-order valence-electron chi connectivity index (χ2n) is 5.93. The van der Waals surface area contributed by atoms with Crippen LogP contribution in [-0.4, -0.2) is 30.6 Å². The van der Waals surface area contributed by atoms with E-state index in [2.05, 4.69) is 21.8 Å². The SMILES string of the molecule is CNc1ccc(C#N)cc1.O=CC1=NC2=C(c3cccc(Cl)c3)CNN2C=C1. The second kappa shape index (κ2) is 9.00. The number of anilines is 1. The van der Waals surface area contributed by atoms with Crippen LogP contribution < -0.4 is 10.7 Å². The number of aliphatic imine (C=N–C) groups is 1. The van der Waals surface area contributed by atoms with Gasteiger partial charge in [-0.1, -0.05) is 23.7 Å². The Bertz CT molecular complexity index is 1000. The maximum atomic E-state index is 10.8. The molecule has 0 amide bonds. The predicted octanol–water partition coefficient (Wildman–Crippen LogP) is 3.60. The Morgan fingerprint density at radius 1 is 1.29 bits per heavy atom. The number of allylic oxidation sites excluding steroid dienone is 1. The number of carbonyl (C=O) groups is 1. The summed E-state index contributed by atoms with van der Waals surface area (Å²) in [5, 5.41) is 13.9. The average Bonchev–Trinajstić information content (AvgIpc) is 3.17. The summed E-state index contributed by atoms with van der Waals surface area (Å²) in [5.74, 6) is 0.752. The fourth-order valence-electron chi connectivity index (χ4n) is 2.70. The van der Waals surface area contributed by atoms with Crippen LogP contribution in [0.1, 0.15) is 11.1 Å². The lowest BCUT2D eigenvalue weighted by molar-refractivity contribution is -0.102. The van der Waals surface area contributed by atoms with Crippen molar-refractivity contribution in [3.63, 3.8) is 0 Å². The fourth-order valence-corrected chi connectivity index (χ4v) is 2.89. The van der Waals surface area contributed by atoms with Crippen molar-refractivity contribution in [3.05, 3.63) is 82.8 Å². The Hall–Kier alpha value is -3.40. The summed E-state index contributed by atoms with van der Waals surface area (Å²) < 4.78 is 0. The van der Waals surface area contributed by atoms with E-state index in [-0.39, 0.29) is 0 Å². The number of hydrazine groups is 1. The third kappa shape index (κ3) is 4.46. The van der Waals surface area contributed by atoms with Crippen molar-refractivity contribution in [2.24, 2.45) is 4.99 Å². The Morgan fingerprint density at radius 3 is 2.71 bits per heavy atom. The van der Waals surface area contributed by atoms with Gasteiger partial charge in [0.2, 0.25) is 0 Å². The first-order chi connectivity index (χ1) is 13.6. The molecule has 140 valence electrons. The number of hydrogen-bond acceptors (Lipinski definition) is 6. The molecule has 0 aromatic heterocycles. The molecule has 4 rings (SSSR count). The molecule has 2 aliphatic heterocycles. The number of aldehydes is 1. The highest BCUT2D eigenvalue weighted by Gasteiger charge is 2.24. The maximum absolute atomic E-state index is 10.8. The van der Waals surface area contributed by atoms with Gasteiger partial charge in [-0.15, -0.1) is 0 Å². The summed E-state index contributed by atoms with van der Waals surface area (Å²) in [6.07, 6.45) is 4.21. The van der Waals surface area contributed by atoms with E-state index < -0.39 is 0 Å². The highest BCUT2D eigenvalue weighted by atomic mass is 35.5. The molecule has 0 fully saturated rings. The minimum absolute atomic E-state index is 0.421. The normalized spacial score (nSPS) is 14.5. The zero-order valence-corrected chi connectivity index (χ0v) is 15.9. The molecule has 2 N–H and O–H groups in total. The molecule has 0 saturated carbocycles. The molecule has 2 aliphatic rings. The van der Waals surface area contributed by atoms with Gasteiger partial charge in [-0.25, -0.2) is 10.4 Å². The Balaban J connectivity index is 0.000000192. The van der Waals surface area contributed by atoms with Crippen LogP contribution >= 0.6 is 11.6 Å². The smallest absolute Gasteiger partial charge is 0.168 e. The Labute approximate surface area is 168 Å². The standard InChI is InChI=1S/C13H10ClN3O.C8H8N2/c14-10-3-1-2-9(6-10)12-7-15-17-5-4-11(8-18)16-13(12)17;1-10-8-4-2-7(6-9)3-5-8/h1-6,8,15H,7H2;2-5,10H,1H3. The largest absolute Gasteiger partial charge is 0.388 e. The van der Waals surface area contributed by atoms with Gasteiger partial charge >= 0.3 is 0 Å². The number of nitrogens with one attached hydrogen (secondary N) is 2. The lowest BCUT2D eigenvalue weighted by Gasteiger charge is -2.17. The third-order valence-corrected chi connectivity index (χ3v) is 4.39. The number of benzene rings is 2. The first-order valence-electron chi connectivity index (χ1n) is 8.56. The van der Waals surface area contributed by atoms with Gasteiger partial charge in [-0.2, -0.15) is 5.26 Å². The van der Waals surface area contributed by atoms with Gasteiger partial charge in [-0.3, -0.25) is 9.80 Å². The minimum Gasteiger partial charge on any atom is -0.388 e.